The molecule has 2 rings (SSSR count). The van der Waals surface area contributed by atoms with Crippen LogP contribution in [0.5, 0.6) is 0 Å². The van der Waals surface area contributed by atoms with Crippen molar-refractivity contribution in [2.24, 2.45) is 0 Å². The smallest absolute Gasteiger partial charge is 0.313 e. The Bertz CT molecular complexity index is 638. The van der Waals surface area contributed by atoms with Gasteiger partial charge in [0, 0.05) is 17.3 Å². The van der Waals surface area contributed by atoms with Gasteiger partial charge in [-0.25, -0.2) is 0 Å². The Hall–Kier alpha value is -2.27. The fourth-order valence-electron chi connectivity index (χ4n) is 1.69. The van der Waals surface area contributed by atoms with Crippen molar-refractivity contribution in [3.63, 3.8) is 0 Å². The number of nitrogens with one attached hydrogen (secondary N) is 2. The third kappa shape index (κ3) is 4.36. The van der Waals surface area contributed by atoms with Gasteiger partial charge in [-0.3, -0.25) is 9.59 Å². The van der Waals surface area contributed by atoms with Crippen LogP contribution in [0.3, 0.4) is 0 Å². The second kappa shape index (κ2) is 6.95. The summed E-state index contributed by atoms with van der Waals surface area (Å²) >= 11 is 5.96. The number of hydrogen-bond acceptors (Lipinski definition) is 3. The fraction of sp³-hybridized carbons (Fsp3) is 0.200. The molecule has 1 aromatic heterocycles. The van der Waals surface area contributed by atoms with Crippen LogP contribution in [0.15, 0.2) is 41.2 Å². The van der Waals surface area contributed by atoms with E-state index in [0.717, 1.165) is 11.1 Å². The Kier molecular flexibility index (Phi) is 5.00. The number of rotatable bonds is 4. The summed E-state index contributed by atoms with van der Waals surface area (Å²) in [5, 5.41) is 5.58. The van der Waals surface area contributed by atoms with Gasteiger partial charge >= 0.3 is 11.8 Å². The molecule has 2 N–H and O–H groups in total. The maximum Gasteiger partial charge on any atom is 0.313 e. The highest BCUT2D eigenvalue weighted by molar-refractivity contribution is 6.39. The molecule has 0 radical (unpaired) electrons. The van der Waals surface area contributed by atoms with Crippen LogP contribution in [-0.2, 0) is 16.0 Å². The Morgan fingerprint density at radius 1 is 1.24 bits per heavy atom. The Balaban J connectivity index is 1.81. The van der Waals surface area contributed by atoms with Crippen molar-refractivity contribution >= 4 is 29.1 Å². The molecule has 1 aromatic carbocycles. The van der Waals surface area contributed by atoms with Gasteiger partial charge < -0.3 is 15.1 Å². The van der Waals surface area contributed by atoms with E-state index in [-0.39, 0.29) is 0 Å². The molecule has 0 aliphatic heterocycles. The number of aryl methyl sites for hydroxylation is 1. The van der Waals surface area contributed by atoms with Crippen molar-refractivity contribution in [2.75, 3.05) is 11.9 Å². The number of benzene rings is 1. The summed E-state index contributed by atoms with van der Waals surface area (Å²) in [5.41, 5.74) is 2.35. The predicted octanol–water partition coefficient (Wildman–Crippen LogP) is 2.54. The number of hydrogen-bond donors (Lipinski definition) is 2. The SMILES string of the molecule is Cc1ccc(NC(=O)C(=O)NCCc2ccoc2)cc1Cl. The molecular formula is C15H15ClN2O3. The topological polar surface area (TPSA) is 71.3 Å². The van der Waals surface area contributed by atoms with Crippen molar-refractivity contribution in [2.45, 2.75) is 13.3 Å². The molecule has 5 nitrogen and oxygen atoms in total. The summed E-state index contributed by atoms with van der Waals surface area (Å²) in [4.78, 5) is 23.4. The first-order valence-electron chi connectivity index (χ1n) is 6.42. The van der Waals surface area contributed by atoms with E-state index in [0.29, 0.717) is 23.7 Å². The van der Waals surface area contributed by atoms with E-state index in [4.69, 9.17) is 16.0 Å². The normalized spacial score (nSPS) is 10.2. The Morgan fingerprint density at radius 3 is 2.71 bits per heavy atom. The number of carbonyl (C=O) groups is 2. The fourth-order valence-corrected chi connectivity index (χ4v) is 1.87. The molecule has 0 saturated carbocycles. The van der Waals surface area contributed by atoms with Crippen molar-refractivity contribution in [1.82, 2.24) is 5.32 Å². The van der Waals surface area contributed by atoms with E-state index in [1.165, 1.54) is 0 Å². The molecule has 2 aromatic rings. The number of anilines is 1. The van der Waals surface area contributed by atoms with E-state index < -0.39 is 11.8 Å². The molecule has 0 bridgehead atoms. The van der Waals surface area contributed by atoms with Crippen LogP contribution in [0.2, 0.25) is 5.02 Å². The number of halogens is 1. The summed E-state index contributed by atoms with van der Waals surface area (Å²) in [6.45, 7) is 2.22. The van der Waals surface area contributed by atoms with Crippen molar-refractivity contribution in [3.8, 4) is 0 Å². The van der Waals surface area contributed by atoms with Crippen LogP contribution >= 0.6 is 11.6 Å². The van der Waals surface area contributed by atoms with E-state index in [1.54, 1.807) is 36.8 Å². The third-order valence-corrected chi connectivity index (χ3v) is 3.32. The van der Waals surface area contributed by atoms with Crippen molar-refractivity contribution in [1.29, 1.82) is 0 Å². The zero-order valence-corrected chi connectivity index (χ0v) is 12.2. The quantitative estimate of drug-likeness (QED) is 0.853. The molecule has 6 heteroatoms. The average molecular weight is 307 g/mol. The predicted molar refractivity (Wildman–Crippen MR) is 80.2 cm³/mol. The molecule has 21 heavy (non-hydrogen) atoms. The molecule has 0 aliphatic carbocycles. The molecule has 2 amide bonds. The van der Waals surface area contributed by atoms with E-state index in [2.05, 4.69) is 10.6 Å². The lowest BCUT2D eigenvalue weighted by atomic mass is 10.2. The number of amides is 2. The molecule has 0 aliphatic rings. The zero-order chi connectivity index (χ0) is 15.2. The van der Waals surface area contributed by atoms with Crippen molar-refractivity contribution < 1.29 is 14.0 Å². The van der Waals surface area contributed by atoms with Crippen LogP contribution in [0.1, 0.15) is 11.1 Å². The first-order chi connectivity index (χ1) is 10.1. The maximum atomic E-state index is 11.7. The minimum absolute atomic E-state index is 0.362. The highest BCUT2D eigenvalue weighted by atomic mass is 35.5. The Labute approximate surface area is 127 Å². The lowest BCUT2D eigenvalue weighted by Crippen LogP contribution is -2.36. The maximum absolute atomic E-state index is 11.7. The van der Waals surface area contributed by atoms with E-state index in [1.807, 2.05) is 6.92 Å². The Morgan fingerprint density at radius 2 is 2.05 bits per heavy atom. The molecule has 0 spiro atoms. The van der Waals surface area contributed by atoms with Gasteiger partial charge in [0.2, 0.25) is 0 Å². The standard InChI is InChI=1S/C15H15ClN2O3/c1-10-2-3-12(8-13(10)16)18-15(20)14(19)17-6-4-11-5-7-21-9-11/h2-3,5,7-9H,4,6H2,1H3,(H,17,19)(H,18,20). The molecule has 1 heterocycles. The van der Waals surface area contributed by atoms with Crippen molar-refractivity contribution in [3.05, 3.63) is 52.9 Å². The number of furan rings is 1. The first kappa shape index (κ1) is 15.1. The van der Waals surface area contributed by atoms with Gasteiger partial charge in [0.25, 0.3) is 0 Å². The zero-order valence-electron chi connectivity index (χ0n) is 11.5. The molecule has 110 valence electrons. The van der Waals surface area contributed by atoms with Crippen LogP contribution in [0.4, 0.5) is 5.69 Å². The lowest BCUT2D eigenvalue weighted by molar-refractivity contribution is -0.136. The van der Waals surface area contributed by atoms with Gasteiger partial charge in [0.05, 0.1) is 12.5 Å². The first-order valence-corrected chi connectivity index (χ1v) is 6.80. The number of carbonyl (C=O) groups excluding carboxylic acids is 2. The molecular weight excluding hydrogens is 292 g/mol. The van der Waals surface area contributed by atoms with Gasteiger partial charge in [-0.2, -0.15) is 0 Å². The van der Waals surface area contributed by atoms with Crippen LogP contribution < -0.4 is 10.6 Å². The monoisotopic (exact) mass is 306 g/mol. The largest absolute Gasteiger partial charge is 0.472 e. The van der Waals surface area contributed by atoms with E-state index >= 15 is 0 Å². The molecule has 0 saturated heterocycles. The van der Waals surface area contributed by atoms with Gasteiger partial charge in [0.15, 0.2) is 0 Å². The summed E-state index contributed by atoms with van der Waals surface area (Å²) in [5.74, 6) is -1.41. The minimum atomic E-state index is -0.720. The van der Waals surface area contributed by atoms with Gasteiger partial charge in [-0.05, 0) is 42.7 Å². The lowest BCUT2D eigenvalue weighted by Gasteiger charge is -2.07. The summed E-state index contributed by atoms with van der Waals surface area (Å²) in [7, 11) is 0. The second-order valence-corrected chi connectivity index (χ2v) is 4.96. The molecule has 0 unspecified atom stereocenters. The van der Waals surface area contributed by atoms with E-state index in [9.17, 15) is 9.59 Å². The minimum Gasteiger partial charge on any atom is -0.472 e. The summed E-state index contributed by atoms with van der Waals surface area (Å²) < 4.78 is 4.91. The van der Waals surface area contributed by atoms with Crippen LogP contribution in [-0.4, -0.2) is 18.4 Å². The van der Waals surface area contributed by atoms with Crippen LogP contribution in [0, 0.1) is 6.92 Å². The van der Waals surface area contributed by atoms with Gasteiger partial charge in [-0.15, -0.1) is 0 Å². The highest BCUT2D eigenvalue weighted by Gasteiger charge is 2.13. The summed E-state index contributed by atoms with van der Waals surface area (Å²) in [6.07, 6.45) is 3.76. The van der Waals surface area contributed by atoms with Gasteiger partial charge in [-0.1, -0.05) is 17.7 Å². The second-order valence-electron chi connectivity index (χ2n) is 4.56. The van der Waals surface area contributed by atoms with Crippen LogP contribution in [0.25, 0.3) is 0 Å². The molecule has 0 fully saturated rings. The average Bonchev–Trinajstić information content (AvgIpc) is 2.96. The molecule has 0 atom stereocenters. The highest BCUT2D eigenvalue weighted by Crippen LogP contribution is 2.19. The van der Waals surface area contributed by atoms with Gasteiger partial charge in [0.1, 0.15) is 0 Å². The summed E-state index contributed by atoms with van der Waals surface area (Å²) in [6, 6.07) is 6.88. The third-order valence-electron chi connectivity index (χ3n) is 2.92.